The number of carbonyl (C=O) groups excluding carboxylic acids is 1. The number of nitrogens with one attached hydrogen (secondary N) is 2. The first-order valence-corrected chi connectivity index (χ1v) is 12.5. The average molecular weight is 509 g/mol. The van der Waals surface area contributed by atoms with Crippen molar-refractivity contribution in [3.8, 4) is 5.75 Å². The highest BCUT2D eigenvalue weighted by atomic mass is 32.2. The number of nitro benzene ring substituents is 1. The smallest absolute Gasteiger partial charge is 0.311 e. The monoisotopic (exact) mass is 508 g/mol. The van der Waals surface area contributed by atoms with Crippen LogP contribution in [0.5, 0.6) is 5.75 Å². The molecule has 0 aliphatic carbocycles. The van der Waals surface area contributed by atoms with Crippen molar-refractivity contribution < 1.29 is 14.5 Å². The van der Waals surface area contributed by atoms with E-state index in [1.807, 2.05) is 32.0 Å². The van der Waals surface area contributed by atoms with E-state index in [0.717, 1.165) is 23.3 Å². The molecule has 1 unspecified atom stereocenters. The number of aryl methyl sites for hydroxylation is 1. The van der Waals surface area contributed by atoms with E-state index in [0.29, 0.717) is 33.6 Å². The maximum atomic E-state index is 13.7. The van der Waals surface area contributed by atoms with Crippen molar-refractivity contribution in [1.29, 1.82) is 0 Å². The van der Waals surface area contributed by atoms with Gasteiger partial charge in [0.05, 0.1) is 17.6 Å². The fraction of sp³-hybridized carbons (Fsp3) is 0.320. The number of nitro groups is 1. The molecule has 0 radical (unpaired) electrons. The molecule has 10 nitrogen and oxygen atoms in total. The minimum absolute atomic E-state index is 0.137. The second-order valence-electron chi connectivity index (χ2n) is 8.47. The van der Waals surface area contributed by atoms with Gasteiger partial charge in [0, 0.05) is 23.2 Å². The number of hydrogen-bond donors (Lipinski definition) is 2. The molecule has 0 saturated heterocycles. The molecule has 2 aromatic carbocycles. The highest BCUT2D eigenvalue weighted by Gasteiger charge is 2.36. The standard InChI is InChI=1S/C25H28N6O4S/c1-6-12-36-25-28-24-26-16(4)21(23(32)27-18-9-7-8-14(2)15(18)3)22(30(24)29-25)17-10-11-20(35-5)19(13-17)31(33)34/h7-11,13,22H,6,12H2,1-5H3,(H,27,32)(H,26,28,29). The van der Waals surface area contributed by atoms with Crippen LogP contribution in [0.1, 0.15) is 43.0 Å². The second-order valence-corrected chi connectivity index (χ2v) is 9.53. The van der Waals surface area contributed by atoms with Gasteiger partial charge in [0.1, 0.15) is 6.04 Å². The number of rotatable bonds is 8. The molecule has 1 aliphatic rings. The number of benzene rings is 2. The molecule has 2 N–H and O–H groups in total. The third-order valence-corrected chi connectivity index (χ3v) is 7.12. The van der Waals surface area contributed by atoms with Gasteiger partial charge in [0.2, 0.25) is 11.1 Å². The third kappa shape index (κ3) is 4.78. The average Bonchev–Trinajstić information content (AvgIpc) is 3.26. The SMILES string of the molecule is CCCSc1nc2n(n1)C(c1ccc(OC)c([N+](=O)[O-])c1)C(C(=O)Nc1cccc(C)c1C)=C(C)N2. The predicted octanol–water partition coefficient (Wildman–Crippen LogP) is 5.24. The molecule has 0 spiro atoms. The molecule has 188 valence electrons. The van der Waals surface area contributed by atoms with E-state index in [2.05, 4.69) is 27.6 Å². The number of amides is 1. The first-order valence-electron chi connectivity index (χ1n) is 11.5. The second kappa shape index (κ2) is 10.4. The number of carbonyl (C=O) groups is 1. The molecular weight excluding hydrogens is 480 g/mol. The van der Waals surface area contributed by atoms with Crippen molar-refractivity contribution in [3.05, 3.63) is 74.5 Å². The number of fused-ring (bicyclic) bond motifs is 1. The number of nitrogens with zero attached hydrogens (tertiary/aromatic N) is 4. The van der Waals surface area contributed by atoms with Crippen LogP contribution in [0, 0.1) is 24.0 Å². The van der Waals surface area contributed by atoms with Crippen molar-refractivity contribution in [2.45, 2.75) is 45.3 Å². The molecule has 0 bridgehead atoms. The number of anilines is 2. The lowest BCUT2D eigenvalue weighted by molar-refractivity contribution is -0.385. The molecule has 0 saturated carbocycles. The van der Waals surface area contributed by atoms with Crippen molar-refractivity contribution >= 4 is 35.0 Å². The van der Waals surface area contributed by atoms with Crippen LogP contribution >= 0.6 is 11.8 Å². The van der Waals surface area contributed by atoms with Gasteiger partial charge in [0.25, 0.3) is 5.91 Å². The molecule has 1 amide bonds. The summed E-state index contributed by atoms with van der Waals surface area (Å²) in [6, 6.07) is 9.65. The van der Waals surface area contributed by atoms with Crippen molar-refractivity contribution in [2.75, 3.05) is 23.5 Å². The van der Waals surface area contributed by atoms with E-state index in [9.17, 15) is 14.9 Å². The molecule has 36 heavy (non-hydrogen) atoms. The summed E-state index contributed by atoms with van der Waals surface area (Å²) in [7, 11) is 1.38. The zero-order valence-electron chi connectivity index (χ0n) is 20.8. The predicted molar refractivity (Wildman–Crippen MR) is 140 cm³/mol. The molecule has 2 heterocycles. The first-order chi connectivity index (χ1) is 17.2. The highest BCUT2D eigenvalue weighted by molar-refractivity contribution is 7.99. The van der Waals surface area contributed by atoms with Crippen molar-refractivity contribution in [1.82, 2.24) is 14.8 Å². The lowest BCUT2D eigenvalue weighted by Crippen LogP contribution is -2.31. The Kier molecular flexibility index (Phi) is 7.30. The van der Waals surface area contributed by atoms with Crippen LogP contribution in [0.3, 0.4) is 0 Å². The van der Waals surface area contributed by atoms with Gasteiger partial charge in [-0.1, -0.05) is 36.9 Å². The fourth-order valence-corrected chi connectivity index (χ4v) is 4.77. The van der Waals surface area contributed by atoms with Crippen LogP contribution in [0.4, 0.5) is 17.3 Å². The molecule has 3 aromatic rings. The summed E-state index contributed by atoms with van der Waals surface area (Å²) in [5.41, 5.74) is 4.02. The summed E-state index contributed by atoms with van der Waals surface area (Å²) in [5, 5.41) is 23.2. The van der Waals surface area contributed by atoms with E-state index < -0.39 is 11.0 Å². The molecule has 11 heteroatoms. The number of methoxy groups -OCH3 is 1. The molecular formula is C25H28N6O4S. The normalized spacial score (nSPS) is 14.8. The van der Waals surface area contributed by atoms with Gasteiger partial charge >= 0.3 is 5.69 Å². The zero-order chi connectivity index (χ0) is 26.0. The largest absolute Gasteiger partial charge is 0.490 e. The Balaban J connectivity index is 1.84. The fourth-order valence-electron chi connectivity index (χ4n) is 4.08. The molecule has 1 atom stereocenters. The van der Waals surface area contributed by atoms with Gasteiger partial charge < -0.3 is 15.4 Å². The number of hydrogen-bond acceptors (Lipinski definition) is 8. The molecule has 1 aliphatic heterocycles. The van der Waals surface area contributed by atoms with Crippen LogP contribution in [0.2, 0.25) is 0 Å². The van der Waals surface area contributed by atoms with Crippen LogP contribution in [-0.2, 0) is 4.79 Å². The number of thioether (sulfide) groups is 1. The first kappa shape index (κ1) is 25.2. The Bertz CT molecular complexity index is 1370. The summed E-state index contributed by atoms with van der Waals surface area (Å²) in [5.74, 6) is 1.12. The lowest BCUT2D eigenvalue weighted by atomic mass is 9.94. The van der Waals surface area contributed by atoms with Crippen LogP contribution in [0.15, 0.2) is 52.8 Å². The van der Waals surface area contributed by atoms with Gasteiger partial charge in [-0.3, -0.25) is 14.9 Å². The van der Waals surface area contributed by atoms with Gasteiger partial charge in [-0.25, -0.2) is 4.68 Å². The maximum absolute atomic E-state index is 13.7. The van der Waals surface area contributed by atoms with E-state index in [4.69, 9.17) is 4.74 Å². The van der Waals surface area contributed by atoms with Gasteiger partial charge in [0.15, 0.2) is 5.75 Å². The van der Waals surface area contributed by atoms with E-state index in [1.54, 1.807) is 17.7 Å². The van der Waals surface area contributed by atoms with Crippen molar-refractivity contribution in [3.63, 3.8) is 0 Å². The van der Waals surface area contributed by atoms with E-state index >= 15 is 0 Å². The minimum Gasteiger partial charge on any atom is -0.490 e. The van der Waals surface area contributed by atoms with Gasteiger partial charge in [-0.05, 0) is 56.0 Å². The van der Waals surface area contributed by atoms with Crippen LogP contribution < -0.4 is 15.4 Å². The van der Waals surface area contributed by atoms with Crippen LogP contribution in [0.25, 0.3) is 0 Å². The molecule has 0 fully saturated rings. The Morgan fingerprint density at radius 1 is 1.28 bits per heavy atom. The lowest BCUT2D eigenvalue weighted by Gasteiger charge is -2.29. The number of allylic oxidation sites excluding steroid dienone is 1. The quantitative estimate of drug-likeness (QED) is 0.240. The Hall–Kier alpha value is -3.86. The Labute approximate surface area is 213 Å². The van der Waals surface area contributed by atoms with E-state index in [-0.39, 0.29) is 17.3 Å². The maximum Gasteiger partial charge on any atom is 0.311 e. The summed E-state index contributed by atoms with van der Waals surface area (Å²) >= 11 is 1.51. The summed E-state index contributed by atoms with van der Waals surface area (Å²) in [6.07, 6.45) is 0.955. The van der Waals surface area contributed by atoms with Gasteiger partial charge in [-0.15, -0.1) is 5.10 Å². The Morgan fingerprint density at radius 2 is 2.06 bits per heavy atom. The number of aromatic nitrogens is 3. The van der Waals surface area contributed by atoms with E-state index in [1.165, 1.54) is 31.0 Å². The highest BCUT2D eigenvalue weighted by Crippen LogP contribution is 2.39. The summed E-state index contributed by atoms with van der Waals surface area (Å²) in [6.45, 7) is 7.79. The third-order valence-electron chi connectivity index (χ3n) is 6.08. The van der Waals surface area contributed by atoms with Crippen LogP contribution in [-0.4, -0.2) is 38.5 Å². The summed E-state index contributed by atoms with van der Waals surface area (Å²) in [4.78, 5) is 29.6. The molecule has 4 rings (SSSR count). The summed E-state index contributed by atoms with van der Waals surface area (Å²) < 4.78 is 6.80. The molecule has 1 aromatic heterocycles. The number of ether oxygens (including phenoxy) is 1. The zero-order valence-corrected chi connectivity index (χ0v) is 21.6. The van der Waals surface area contributed by atoms with Gasteiger partial charge in [-0.2, -0.15) is 4.98 Å². The minimum atomic E-state index is -0.737. The van der Waals surface area contributed by atoms with Crippen molar-refractivity contribution in [2.24, 2.45) is 0 Å². The Morgan fingerprint density at radius 3 is 2.75 bits per heavy atom. The topological polar surface area (TPSA) is 124 Å².